The lowest BCUT2D eigenvalue weighted by Crippen LogP contribution is -1.81. The van der Waals surface area contributed by atoms with Gasteiger partial charge in [-0.15, -0.1) is 0 Å². The second kappa shape index (κ2) is 5.51. The number of halogens is 3. The third-order valence-electron chi connectivity index (χ3n) is 3.07. The topological polar surface area (TPSA) is 26.0 Å². The van der Waals surface area contributed by atoms with Crippen molar-refractivity contribution in [1.29, 1.82) is 0 Å². The minimum absolute atomic E-state index is 0.581. The molecule has 102 valence electrons. The molecule has 0 aliphatic heterocycles. The zero-order chi connectivity index (χ0) is 14.3. The predicted octanol–water partition coefficient (Wildman–Crippen LogP) is 6.24. The molecular weight excluding hydrogens is 405 g/mol. The van der Waals surface area contributed by atoms with E-state index in [0.29, 0.717) is 10.9 Å². The number of aromatic nitrogens is 1. The first-order valence-corrected chi connectivity index (χ1v) is 8.09. The van der Waals surface area contributed by atoms with Crippen molar-refractivity contribution in [1.82, 2.24) is 4.98 Å². The van der Waals surface area contributed by atoms with E-state index < -0.39 is 0 Å². The van der Waals surface area contributed by atoms with Crippen molar-refractivity contribution in [3.8, 4) is 11.5 Å². The van der Waals surface area contributed by atoms with Gasteiger partial charge in [0, 0.05) is 9.50 Å². The second-order valence-electron chi connectivity index (χ2n) is 4.42. The maximum absolute atomic E-state index is 5.96. The highest BCUT2D eigenvalue weighted by atomic mass is 79.9. The van der Waals surface area contributed by atoms with E-state index in [-0.39, 0.29) is 0 Å². The lowest BCUT2D eigenvalue weighted by Gasteiger charge is -1.99. The molecule has 0 N–H and O–H groups in total. The molecule has 2 nitrogen and oxygen atoms in total. The number of aryl methyl sites for hydroxylation is 1. The first kappa shape index (κ1) is 14.1. The van der Waals surface area contributed by atoms with Crippen LogP contribution >= 0.6 is 43.5 Å². The summed E-state index contributed by atoms with van der Waals surface area (Å²) in [5.41, 5.74) is 3.72. The summed E-state index contributed by atoms with van der Waals surface area (Å²) >= 11 is 13.0. The third-order valence-corrected chi connectivity index (χ3v) is 4.55. The molecule has 20 heavy (non-hydrogen) atoms. The fourth-order valence-electron chi connectivity index (χ4n) is 2.03. The number of benzene rings is 2. The molecular formula is C15H10Br2ClNO. The summed E-state index contributed by atoms with van der Waals surface area (Å²) in [5.74, 6) is 0.581. The standard InChI is InChI=1S/C15H10Br2ClNO/c1-2-8-5-12(17)14-13(6-8)19-15(20-14)10-4-3-9(18)7-11(10)16/h3-7H,2H2,1H3. The van der Waals surface area contributed by atoms with Gasteiger partial charge in [0.2, 0.25) is 5.89 Å². The molecule has 3 aromatic rings. The molecule has 5 heteroatoms. The maximum atomic E-state index is 5.96. The van der Waals surface area contributed by atoms with E-state index in [1.54, 1.807) is 0 Å². The Bertz CT molecular complexity index is 798. The minimum Gasteiger partial charge on any atom is -0.435 e. The van der Waals surface area contributed by atoms with Crippen LogP contribution in [0.1, 0.15) is 12.5 Å². The van der Waals surface area contributed by atoms with E-state index in [9.17, 15) is 0 Å². The van der Waals surface area contributed by atoms with Crippen LogP contribution in [0.15, 0.2) is 43.7 Å². The summed E-state index contributed by atoms with van der Waals surface area (Å²) < 4.78 is 7.66. The van der Waals surface area contributed by atoms with Crippen LogP contribution in [-0.2, 0) is 6.42 Å². The molecule has 1 aromatic heterocycles. The maximum Gasteiger partial charge on any atom is 0.228 e. The van der Waals surface area contributed by atoms with Gasteiger partial charge in [-0.1, -0.05) is 18.5 Å². The molecule has 0 unspecified atom stereocenters. The molecule has 0 bridgehead atoms. The molecule has 0 radical (unpaired) electrons. The summed E-state index contributed by atoms with van der Waals surface area (Å²) in [6.45, 7) is 2.12. The molecule has 0 saturated carbocycles. The van der Waals surface area contributed by atoms with Crippen molar-refractivity contribution in [2.45, 2.75) is 13.3 Å². The molecule has 2 aromatic carbocycles. The van der Waals surface area contributed by atoms with Crippen LogP contribution < -0.4 is 0 Å². The van der Waals surface area contributed by atoms with E-state index in [0.717, 1.165) is 32.0 Å². The first-order chi connectivity index (χ1) is 9.58. The molecule has 0 aliphatic rings. The Morgan fingerprint density at radius 3 is 2.65 bits per heavy atom. The second-order valence-corrected chi connectivity index (χ2v) is 6.57. The van der Waals surface area contributed by atoms with Gasteiger partial charge in [-0.3, -0.25) is 0 Å². The summed E-state index contributed by atoms with van der Waals surface area (Å²) in [4.78, 5) is 4.57. The molecule has 0 saturated heterocycles. The first-order valence-electron chi connectivity index (χ1n) is 6.13. The predicted molar refractivity (Wildman–Crippen MR) is 89.2 cm³/mol. The quantitative estimate of drug-likeness (QED) is 0.495. The zero-order valence-corrected chi connectivity index (χ0v) is 14.5. The van der Waals surface area contributed by atoms with Crippen molar-refractivity contribution < 1.29 is 4.42 Å². The summed E-state index contributed by atoms with van der Waals surface area (Å²) in [5, 5.41) is 0.672. The number of fused-ring (bicyclic) bond motifs is 1. The van der Waals surface area contributed by atoms with Crippen LogP contribution in [0.2, 0.25) is 5.02 Å². The Balaban J connectivity index is 2.20. The normalized spacial score (nSPS) is 11.2. The Kier molecular flexibility index (Phi) is 3.89. The van der Waals surface area contributed by atoms with Gasteiger partial charge in [0.1, 0.15) is 5.52 Å². The van der Waals surface area contributed by atoms with Crippen LogP contribution in [-0.4, -0.2) is 4.98 Å². The lowest BCUT2D eigenvalue weighted by molar-refractivity contribution is 0.617. The van der Waals surface area contributed by atoms with Crippen molar-refractivity contribution in [2.24, 2.45) is 0 Å². The van der Waals surface area contributed by atoms with Crippen LogP contribution in [0.25, 0.3) is 22.6 Å². The van der Waals surface area contributed by atoms with Crippen LogP contribution in [0.4, 0.5) is 0 Å². The van der Waals surface area contributed by atoms with Crippen LogP contribution in [0.5, 0.6) is 0 Å². The molecule has 0 spiro atoms. The van der Waals surface area contributed by atoms with E-state index >= 15 is 0 Å². The van der Waals surface area contributed by atoms with Crippen molar-refractivity contribution in [2.75, 3.05) is 0 Å². The highest BCUT2D eigenvalue weighted by Gasteiger charge is 2.14. The van der Waals surface area contributed by atoms with E-state index in [1.807, 2.05) is 18.2 Å². The van der Waals surface area contributed by atoms with Gasteiger partial charge in [-0.2, -0.15) is 0 Å². The SMILES string of the molecule is CCc1cc(Br)c2oc(-c3ccc(Cl)cc3Br)nc2c1. The minimum atomic E-state index is 0.581. The van der Waals surface area contributed by atoms with Gasteiger partial charge in [0.05, 0.1) is 10.0 Å². The molecule has 0 atom stereocenters. The molecule has 1 heterocycles. The number of oxazole rings is 1. The smallest absolute Gasteiger partial charge is 0.228 e. The molecule has 0 fully saturated rings. The highest BCUT2D eigenvalue weighted by molar-refractivity contribution is 9.11. The van der Waals surface area contributed by atoms with E-state index in [1.165, 1.54) is 5.56 Å². The van der Waals surface area contributed by atoms with Crippen molar-refractivity contribution in [3.05, 3.63) is 49.9 Å². The van der Waals surface area contributed by atoms with Crippen LogP contribution in [0, 0.1) is 0 Å². The summed E-state index contributed by atoms with van der Waals surface area (Å²) in [7, 11) is 0. The summed E-state index contributed by atoms with van der Waals surface area (Å²) in [6.07, 6.45) is 0.960. The van der Waals surface area contributed by atoms with Gasteiger partial charge >= 0.3 is 0 Å². The van der Waals surface area contributed by atoms with Crippen molar-refractivity contribution in [3.63, 3.8) is 0 Å². The highest BCUT2D eigenvalue weighted by Crippen LogP contribution is 2.34. The Morgan fingerprint density at radius 1 is 1.15 bits per heavy atom. The molecule has 0 amide bonds. The number of hydrogen-bond donors (Lipinski definition) is 0. The molecule has 0 aliphatic carbocycles. The third kappa shape index (κ3) is 2.52. The zero-order valence-electron chi connectivity index (χ0n) is 10.6. The van der Waals surface area contributed by atoms with Crippen molar-refractivity contribution >= 4 is 54.6 Å². The molecule has 3 rings (SSSR count). The van der Waals surface area contributed by atoms with E-state index in [4.69, 9.17) is 16.0 Å². The number of rotatable bonds is 2. The Morgan fingerprint density at radius 2 is 1.95 bits per heavy atom. The number of hydrogen-bond acceptors (Lipinski definition) is 2. The van der Waals surface area contributed by atoms with E-state index in [2.05, 4.69) is 55.9 Å². The number of nitrogens with zero attached hydrogens (tertiary/aromatic N) is 1. The van der Waals surface area contributed by atoms with Gasteiger partial charge in [0.25, 0.3) is 0 Å². The van der Waals surface area contributed by atoms with Gasteiger partial charge in [-0.05, 0) is 74.2 Å². The Labute approximate surface area is 138 Å². The van der Waals surface area contributed by atoms with Gasteiger partial charge in [0.15, 0.2) is 5.58 Å². The fraction of sp³-hybridized carbons (Fsp3) is 0.133. The summed E-state index contributed by atoms with van der Waals surface area (Å²) in [6, 6.07) is 9.66. The van der Waals surface area contributed by atoms with Crippen LogP contribution in [0.3, 0.4) is 0 Å². The Hall–Kier alpha value is -0.840. The van der Waals surface area contributed by atoms with Gasteiger partial charge < -0.3 is 4.42 Å². The lowest BCUT2D eigenvalue weighted by atomic mass is 10.1. The fourth-order valence-corrected chi connectivity index (χ4v) is 3.46. The largest absolute Gasteiger partial charge is 0.435 e. The van der Waals surface area contributed by atoms with Gasteiger partial charge in [-0.25, -0.2) is 4.98 Å². The average molecular weight is 416 g/mol. The average Bonchev–Trinajstić information content (AvgIpc) is 2.82. The monoisotopic (exact) mass is 413 g/mol.